The number of hydrogen-bond donors (Lipinski definition) is 0. The third-order valence-electron chi connectivity index (χ3n) is 2.70. The van der Waals surface area contributed by atoms with Crippen molar-refractivity contribution in [2.45, 2.75) is 19.3 Å². The second-order valence-electron chi connectivity index (χ2n) is 3.89. The van der Waals surface area contributed by atoms with Crippen molar-refractivity contribution in [3.8, 4) is 0 Å². The Morgan fingerprint density at radius 2 is 2.07 bits per heavy atom. The Morgan fingerprint density at radius 3 is 2.57 bits per heavy atom. The molecule has 0 saturated heterocycles. The van der Waals surface area contributed by atoms with E-state index in [1.54, 1.807) is 0 Å². The van der Waals surface area contributed by atoms with Gasteiger partial charge in [-0.3, -0.25) is 0 Å². The number of rotatable bonds is 3. The fourth-order valence-electron chi connectivity index (χ4n) is 1.54. The van der Waals surface area contributed by atoms with Gasteiger partial charge in [-0.2, -0.15) is 0 Å². The monoisotopic (exact) mass is 196 g/mol. The van der Waals surface area contributed by atoms with E-state index in [0.29, 0.717) is 12.0 Å². The minimum atomic E-state index is -0.581. The molecule has 1 nitrogen and oxygen atoms in total. The van der Waals surface area contributed by atoms with Gasteiger partial charge in [0.1, 0.15) is 17.9 Å². The van der Waals surface area contributed by atoms with Crippen LogP contribution in [-0.2, 0) is 11.2 Å². The number of benzene rings is 1. The van der Waals surface area contributed by atoms with Crippen LogP contribution in [0, 0.1) is 17.0 Å². The zero-order chi connectivity index (χ0) is 10.2. The Balaban J connectivity index is 2.21. The molecule has 0 amide bonds. The highest BCUT2D eigenvalue weighted by Gasteiger charge is 2.42. The molecule has 1 fully saturated rings. The Bertz CT molecular complexity index is 370. The first-order valence-electron chi connectivity index (χ1n) is 4.55. The number of halogens is 2. The highest BCUT2D eigenvalue weighted by Crippen LogP contribution is 2.46. The summed E-state index contributed by atoms with van der Waals surface area (Å²) in [4.78, 5) is 10.7. The van der Waals surface area contributed by atoms with E-state index in [-0.39, 0.29) is 5.41 Å². The molecule has 0 aromatic heterocycles. The molecule has 0 bridgehead atoms. The molecule has 1 aliphatic rings. The van der Waals surface area contributed by atoms with Crippen molar-refractivity contribution in [2.75, 3.05) is 0 Å². The summed E-state index contributed by atoms with van der Waals surface area (Å²) in [7, 11) is 0. The van der Waals surface area contributed by atoms with Crippen LogP contribution in [0.5, 0.6) is 0 Å². The van der Waals surface area contributed by atoms with Crippen molar-refractivity contribution in [3.05, 3.63) is 35.4 Å². The number of hydrogen-bond acceptors (Lipinski definition) is 1. The summed E-state index contributed by atoms with van der Waals surface area (Å²) in [5, 5.41) is 0. The molecular weight excluding hydrogens is 186 g/mol. The van der Waals surface area contributed by atoms with E-state index in [4.69, 9.17) is 0 Å². The summed E-state index contributed by atoms with van der Waals surface area (Å²) in [6, 6.07) is 3.49. The van der Waals surface area contributed by atoms with E-state index in [9.17, 15) is 13.6 Å². The molecule has 1 aliphatic carbocycles. The Kier molecular flexibility index (Phi) is 2.10. The molecule has 2 rings (SSSR count). The summed E-state index contributed by atoms with van der Waals surface area (Å²) in [5.74, 6) is -1.14. The average Bonchev–Trinajstić information content (AvgIpc) is 2.91. The van der Waals surface area contributed by atoms with Gasteiger partial charge in [0.25, 0.3) is 0 Å². The lowest BCUT2D eigenvalue weighted by atomic mass is 9.98. The van der Waals surface area contributed by atoms with Crippen molar-refractivity contribution in [1.29, 1.82) is 0 Å². The Morgan fingerprint density at radius 1 is 1.36 bits per heavy atom. The van der Waals surface area contributed by atoms with Crippen LogP contribution < -0.4 is 0 Å². The lowest BCUT2D eigenvalue weighted by molar-refractivity contribution is -0.112. The molecule has 1 aromatic rings. The Hall–Kier alpha value is -1.25. The maximum atomic E-state index is 13.2. The van der Waals surface area contributed by atoms with Crippen molar-refractivity contribution in [3.63, 3.8) is 0 Å². The summed E-state index contributed by atoms with van der Waals surface area (Å²) < 4.78 is 25.8. The van der Waals surface area contributed by atoms with Crippen LogP contribution in [0.3, 0.4) is 0 Å². The number of carbonyl (C=O) groups is 1. The van der Waals surface area contributed by atoms with Gasteiger partial charge in [-0.25, -0.2) is 8.78 Å². The fraction of sp³-hybridized carbons (Fsp3) is 0.364. The standard InChI is InChI=1S/C11H10F2O/c12-9-2-1-8(10(13)5-9)6-11(7-14)3-4-11/h1-2,5,7H,3-4,6H2. The molecule has 0 atom stereocenters. The summed E-state index contributed by atoms with van der Waals surface area (Å²) in [6.07, 6.45) is 2.90. The molecule has 0 heterocycles. The van der Waals surface area contributed by atoms with Crippen LogP contribution in [0.15, 0.2) is 18.2 Å². The molecule has 0 aliphatic heterocycles. The lowest BCUT2D eigenvalue weighted by Gasteiger charge is -2.07. The average molecular weight is 196 g/mol. The van der Waals surface area contributed by atoms with Gasteiger partial charge in [0, 0.05) is 11.5 Å². The number of carbonyl (C=O) groups excluding carboxylic acids is 1. The summed E-state index contributed by atoms with van der Waals surface area (Å²) >= 11 is 0. The smallest absolute Gasteiger partial charge is 0.129 e. The van der Waals surface area contributed by atoms with E-state index in [2.05, 4.69) is 0 Å². The molecular formula is C11H10F2O. The molecule has 1 aromatic carbocycles. The SMILES string of the molecule is O=CC1(Cc2ccc(F)cc2F)CC1. The minimum Gasteiger partial charge on any atom is -0.303 e. The van der Waals surface area contributed by atoms with Crippen molar-refractivity contribution in [1.82, 2.24) is 0 Å². The lowest BCUT2D eigenvalue weighted by Crippen LogP contribution is -2.07. The third kappa shape index (κ3) is 1.67. The molecule has 0 unspecified atom stereocenters. The van der Waals surface area contributed by atoms with E-state index in [0.717, 1.165) is 25.2 Å². The van der Waals surface area contributed by atoms with E-state index in [1.165, 1.54) is 12.1 Å². The minimum absolute atomic E-state index is 0.362. The highest BCUT2D eigenvalue weighted by atomic mass is 19.1. The van der Waals surface area contributed by atoms with Gasteiger partial charge in [-0.1, -0.05) is 6.07 Å². The van der Waals surface area contributed by atoms with Crippen LogP contribution in [0.1, 0.15) is 18.4 Å². The molecule has 14 heavy (non-hydrogen) atoms. The second-order valence-corrected chi connectivity index (χ2v) is 3.89. The predicted octanol–water partition coefficient (Wildman–Crippen LogP) is 2.49. The van der Waals surface area contributed by atoms with Gasteiger partial charge in [0.15, 0.2) is 0 Å². The van der Waals surface area contributed by atoms with E-state index >= 15 is 0 Å². The Labute approximate surface area is 80.7 Å². The molecule has 1 saturated carbocycles. The van der Waals surface area contributed by atoms with Crippen LogP contribution in [0.4, 0.5) is 8.78 Å². The van der Waals surface area contributed by atoms with E-state index in [1.807, 2.05) is 0 Å². The van der Waals surface area contributed by atoms with E-state index < -0.39 is 11.6 Å². The zero-order valence-corrected chi connectivity index (χ0v) is 7.59. The quantitative estimate of drug-likeness (QED) is 0.679. The van der Waals surface area contributed by atoms with Gasteiger partial charge in [-0.15, -0.1) is 0 Å². The largest absolute Gasteiger partial charge is 0.303 e. The summed E-state index contributed by atoms with van der Waals surface area (Å²) in [6.45, 7) is 0. The molecule has 0 N–H and O–H groups in total. The second kappa shape index (κ2) is 3.15. The van der Waals surface area contributed by atoms with Crippen molar-refractivity contribution < 1.29 is 13.6 Å². The van der Waals surface area contributed by atoms with Gasteiger partial charge in [-0.05, 0) is 30.9 Å². The highest BCUT2D eigenvalue weighted by molar-refractivity contribution is 5.64. The molecule has 74 valence electrons. The molecule has 0 spiro atoms. The van der Waals surface area contributed by atoms with Crippen LogP contribution >= 0.6 is 0 Å². The van der Waals surface area contributed by atoms with Crippen LogP contribution in [0.2, 0.25) is 0 Å². The topological polar surface area (TPSA) is 17.1 Å². The zero-order valence-electron chi connectivity index (χ0n) is 7.59. The van der Waals surface area contributed by atoms with Gasteiger partial charge in [0.05, 0.1) is 0 Å². The van der Waals surface area contributed by atoms with Crippen LogP contribution in [0.25, 0.3) is 0 Å². The fourth-order valence-corrected chi connectivity index (χ4v) is 1.54. The third-order valence-corrected chi connectivity index (χ3v) is 2.70. The van der Waals surface area contributed by atoms with Crippen LogP contribution in [-0.4, -0.2) is 6.29 Å². The maximum absolute atomic E-state index is 13.2. The predicted molar refractivity (Wildman–Crippen MR) is 47.8 cm³/mol. The number of aldehydes is 1. The van der Waals surface area contributed by atoms with Gasteiger partial charge < -0.3 is 4.79 Å². The van der Waals surface area contributed by atoms with Gasteiger partial charge >= 0.3 is 0 Å². The van der Waals surface area contributed by atoms with Crippen molar-refractivity contribution in [2.24, 2.45) is 5.41 Å². The molecule has 0 radical (unpaired) electrons. The van der Waals surface area contributed by atoms with Crippen molar-refractivity contribution >= 4 is 6.29 Å². The first kappa shape index (κ1) is 9.31. The normalized spacial score (nSPS) is 17.9. The summed E-state index contributed by atoms with van der Waals surface area (Å²) in [5.41, 5.74) is 0.0644. The van der Waals surface area contributed by atoms with Gasteiger partial charge in [0.2, 0.25) is 0 Å². The first-order valence-corrected chi connectivity index (χ1v) is 4.55. The molecule has 3 heteroatoms. The maximum Gasteiger partial charge on any atom is 0.129 e. The first-order chi connectivity index (χ1) is 6.65.